The summed E-state index contributed by atoms with van der Waals surface area (Å²) < 4.78 is 1.65. The van der Waals surface area contributed by atoms with E-state index in [1.165, 1.54) is 5.56 Å². The summed E-state index contributed by atoms with van der Waals surface area (Å²) in [4.78, 5) is 11.2. The highest BCUT2D eigenvalue weighted by atomic mass is 16.1. The third kappa shape index (κ3) is 2.46. The molecular weight excluding hydrogens is 250 g/mol. The summed E-state index contributed by atoms with van der Waals surface area (Å²) in [5, 5.41) is 4.42. The van der Waals surface area contributed by atoms with Crippen LogP contribution in [0.2, 0.25) is 0 Å². The van der Waals surface area contributed by atoms with Crippen LogP contribution in [0.15, 0.2) is 24.3 Å². The fraction of sp³-hybridized carbons (Fsp3) is 0.375. The number of aryl methyl sites for hydroxylation is 1. The van der Waals surface area contributed by atoms with Crippen LogP contribution >= 0.6 is 0 Å². The molecule has 0 unspecified atom stereocenters. The first-order valence-electron chi connectivity index (χ1n) is 6.80. The number of anilines is 1. The van der Waals surface area contributed by atoms with Crippen LogP contribution in [0.3, 0.4) is 0 Å². The SMILES string of the molecule is CCn1nc(-c2ccc(C(C)(C)C)cc2)c(C=O)c1N. The Morgan fingerprint density at radius 1 is 1.25 bits per heavy atom. The molecule has 0 atom stereocenters. The number of aromatic nitrogens is 2. The molecule has 4 nitrogen and oxygen atoms in total. The van der Waals surface area contributed by atoms with Crippen LogP contribution in [-0.2, 0) is 12.0 Å². The van der Waals surface area contributed by atoms with Gasteiger partial charge >= 0.3 is 0 Å². The molecule has 0 aliphatic carbocycles. The molecule has 2 aromatic rings. The van der Waals surface area contributed by atoms with Gasteiger partial charge in [-0.1, -0.05) is 45.0 Å². The predicted octanol–water partition coefficient (Wildman–Crippen LogP) is 3.26. The molecule has 2 N–H and O–H groups in total. The number of carbonyl (C=O) groups is 1. The van der Waals surface area contributed by atoms with Crippen LogP contribution < -0.4 is 5.73 Å². The molecule has 106 valence electrons. The van der Waals surface area contributed by atoms with Crippen molar-refractivity contribution in [1.82, 2.24) is 9.78 Å². The minimum Gasteiger partial charge on any atom is -0.383 e. The van der Waals surface area contributed by atoms with Crippen LogP contribution in [0.1, 0.15) is 43.6 Å². The Kier molecular flexibility index (Phi) is 3.66. The van der Waals surface area contributed by atoms with Crippen LogP contribution in [0.5, 0.6) is 0 Å². The fourth-order valence-electron chi connectivity index (χ4n) is 2.19. The molecular formula is C16H21N3O. The lowest BCUT2D eigenvalue weighted by molar-refractivity contribution is 0.112. The zero-order chi connectivity index (χ0) is 14.9. The average Bonchev–Trinajstić information content (AvgIpc) is 2.74. The second-order valence-electron chi connectivity index (χ2n) is 5.91. The van der Waals surface area contributed by atoms with E-state index in [4.69, 9.17) is 5.73 Å². The molecule has 2 rings (SSSR count). The van der Waals surface area contributed by atoms with Crippen LogP contribution in [0.25, 0.3) is 11.3 Å². The first-order valence-corrected chi connectivity index (χ1v) is 6.80. The molecule has 0 aliphatic rings. The Bertz CT molecular complexity index is 618. The van der Waals surface area contributed by atoms with Crippen molar-refractivity contribution in [3.63, 3.8) is 0 Å². The molecule has 0 amide bonds. The summed E-state index contributed by atoms with van der Waals surface area (Å²) in [6.45, 7) is 9.10. The summed E-state index contributed by atoms with van der Waals surface area (Å²) in [5.74, 6) is 0.428. The minimum atomic E-state index is 0.105. The number of carbonyl (C=O) groups excluding carboxylic acids is 1. The van der Waals surface area contributed by atoms with Gasteiger partial charge in [0.1, 0.15) is 11.5 Å². The Balaban J connectivity index is 2.49. The summed E-state index contributed by atoms with van der Waals surface area (Å²) in [7, 11) is 0. The molecule has 0 bridgehead atoms. The van der Waals surface area contributed by atoms with Crippen molar-refractivity contribution in [2.24, 2.45) is 0 Å². The third-order valence-corrected chi connectivity index (χ3v) is 3.47. The molecule has 0 saturated carbocycles. The second-order valence-corrected chi connectivity index (χ2v) is 5.91. The van der Waals surface area contributed by atoms with E-state index in [0.717, 1.165) is 11.8 Å². The molecule has 20 heavy (non-hydrogen) atoms. The van der Waals surface area contributed by atoms with E-state index < -0.39 is 0 Å². The van der Waals surface area contributed by atoms with Gasteiger partial charge in [0, 0.05) is 12.1 Å². The van der Waals surface area contributed by atoms with E-state index in [9.17, 15) is 4.79 Å². The highest BCUT2D eigenvalue weighted by Crippen LogP contribution is 2.29. The van der Waals surface area contributed by atoms with E-state index in [2.05, 4.69) is 38.0 Å². The van der Waals surface area contributed by atoms with Crippen molar-refractivity contribution in [1.29, 1.82) is 0 Å². The number of hydrogen-bond donors (Lipinski definition) is 1. The maximum atomic E-state index is 11.2. The number of nitrogen functional groups attached to an aromatic ring is 1. The van der Waals surface area contributed by atoms with Gasteiger partial charge in [0.2, 0.25) is 0 Å². The van der Waals surface area contributed by atoms with Gasteiger partial charge in [-0.3, -0.25) is 4.79 Å². The lowest BCUT2D eigenvalue weighted by Gasteiger charge is -2.18. The monoisotopic (exact) mass is 271 g/mol. The standard InChI is InChI=1S/C16H21N3O/c1-5-19-15(17)13(10-20)14(18-19)11-6-8-12(9-7-11)16(2,3)4/h6-10H,5,17H2,1-4H3. The first kappa shape index (κ1) is 14.3. The minimum absolute atomic E-state index is 0.105. The van der Waals surface area contributed by atoms with Gasteiger partial charge in [0.05, 0.1) is 5.56 Å². The van der Waals surface area contributed by atoms with Crippen molar-refractivity contribution >= 4 is 12.1 Å². The van der Waals surface area contributed by atoms with E-state index in [1.807, 2.05) is 19.1 Å². The quantitative estimate of drug-likeness (QED) is 0.872. The third-order valence-electron chi connectivity index (χ3n) is 3.47. The number of nitrogens with two attached hydrogens (primary N) is 1. The Morgan fingerprint density at radius 3 is 2.30 bits per heavy atom. The Labute approximate surface area is 119 Å². The van der Waals surface area contributed by atoms with E-state index >= 15 is 0 Å². The number of benzene rings is 1. The van der Waals surface area contributed by atoms with Crippen molar-refractivity contribution < 1.29 is 4.79 Å². The fourth-order valence-corrected chi connectivity index (χ4v) is 2.19. The maximum Gasteiger partial charge on any atom is 0.156 e. The van der Waals surface area contributed by atoms with Gasteiger partial charge in [0.15, 0.2) is 6.29 Å². The smallest absolute Gasteiger partial charge is 0.156 e. The zero-order valence-electron chi connectivity index (χ0n) is 12.5. The largest absolute Gasteiger partial charge is 0.383 e. The van der Waals surface area contributed by atoms with Gasteiger partial charge in [-0.2, -0.15) is 5.10 Å². The van der Waals surface area contributed by atoms with Crippen molar-refractivity contribution in [3.8, 4) is 11.3 Å². The van der Waals surface area contributed by atoms with Crippen LogP contribution in [-0.4, -0.2) is 16.1 Å². The Hall–Kier alpha value is -2.10. The molecule has 1 aromatic heterocycles. The van der Waals surface area contributed by atoms with Gasteiger partial charge in [-0.05, 0) is 17.9 Å². The zero-order valence-corrected chi connectivity index (χ0v) is 12.5. The van der Waals surface area contributed by atoms with Crippen LogP contribution in [0, 0.1) is 0 Å². The molecule has 0 saturated heterocycles. The molecule has 1 aromatic carbocycles. The molecule has 0 aliphatic heterocycles. The topological polar surface area (TPSA) is 60.9 Å². The lowest BCUT2D eigenvalue weighted by atomic mass is 9.86. The summed E-state index contributed by atoms with van der Waals surface area (Å²) in [6.07, 6.45) is 0.779. The van der Waals surface area contributed by atoms with Gasteiger partial charge in [0.25, 0.3) is 0 Å². The number of aldehydes is 1. The van der Waals surface area contributed by atoms with E-state index in [0.29, 0.717) is 23.6 Å². The van der Waals surface area contributed by atoms with Gasteiger partial charge < -0.3 is 5.73 Å². The van der Waals surface area contributed by atoms with Crippen molar-refractivity contribution in [3.05, 3.63) is 35.4 Å². The normalized spacial score (nSPS) is 11.6. The molecule has 4 heteroatoms. The molecule has 0 radical (unpaired) electrons. The van der Waals surface area contributed by atoms with Gasteiger partial charge in [-0.15, -0.1) is 0 Å². The summed E-state index contributed by atoms with van der Waals surface area (Å²) in [5.41, 5.74) is 9.32. The lowest BCUT2D eigenvalue weighted by Crippen LogP contribution is -2.10. The summed E-state index contributed by atoms with van der Waals surface area (Å²) in [6, 6.07) is 8.14. The second kappa shape index (κ2) is 5.12. The molecule has 1 heterocycles. The van der Waals surface area contributed by atoms with Crippen molar-refractivity contribution in [2.45, 2.75) is 39.7 Å². The number of hydrogen-bond acceptors (Lipinski definition) is 3. The first-order chi connectivity index (χ1) is 9.38. The maximum absolute atomic E-state index is 11.2. The highest BCUT2D eigenvalue weighted by molar-refractivity contribution is 5.91. The number of rotatable bonds is 3. The predicted molar refractivity (Wildman–Crippen MR) is 81.8 cm³/mol. The molecule has 0 spiro atoms. The Morgan fingerprint density at radius 2 is 1.85 bits per heavy atom. The molecule has 0 fully saturated rings. The average molecular weight is 271 g/mol. The van der Waals surface area contributed by atoms with E-state index in [1.54, 1.807) is 4.68 Å². The highest BCUT2D eigenvalue weighted by Gasteiger charge is 2.17. The van der Waals surface area contributed by atoms with Crippen LogP contribution in [0.4, 0.5) is 5.82 Å². The van der Waals surface area contributed by atoms with Crippen molar-refractivity contribution in [2.75, 3.05) is 5.73 Å². The number of nitrogens with zero attached hydrogens (tertiary/aromatic N) is 2. The summed E-state index contributed by atoms with van der Waals surface area (Å²) >= 11 is 0. The van der Waals surface area contributed by atoms with E-state index in [-0.39, 0.29) is 5.41 Å². The van der Waals surface area contributed by atoms with Gasteiger partial charge in [-0.25, -0.2) is 4.68 Å².